The highest BCUT2D eigenvalue weighted by molar-refractivity contribution is 6.30. The number of aromatic nitrogens is 1. The lowest BCUT2D eigenvalue weighted by Crippen LogP contribution is -2.12. The highest BCUT2D eigenvalue weighted by Crippen LogP contribution is 2.32. The molecule has 0 atom stereocenters. The zero-order chi connectivity index (χ0) is 14.8. The van der Waals surface area contributed by atoms with Gasteiger partial charge >= 0.3 is 0 Å². The minimum Gasteiger partial charge on any atom is -0.347 e. The van der Waals surface area contributed by atoms with E-state index in [1.54, 1.807) is 0 Å². The molecule has 1 aliphatic rings. The molecular weight excluding hydrogens is 280 g/mol. The summed E-state index contributed by atoms with van der Waals surface area (Å²) in [5.41, 5.74) is 5.30. The molecule has 1 aromatic heterocycles. The topological polar surface area (TPSA) is 8.17 Å². The zero-order valence-corrected chi connectivity index (χ0v) is 13.4. The number of rotatable bonds is 3. The quantitative estimate of drug-likeness (QED) is 0.829. The third-order valence-electron chi connectivity index (χ3n) is 4.01. The number of nitrogens with zero attached hydrogens (tertiary/aromatic N) is 2. The van der Waals surface area contributed by atoms with Gasteiger partial charge in [-0.2, -0.15) is 0 Å². The van der Waals surface area contributed by atoms with Gasteiger partial charge in [-0.1, -0.05) is 23.7 Å². The van der Waals surface area contributed by atoms with Crippen molar-refractivity contribution in [1.29, 1.82) is 0 Å². The van der Waals surface area contributed by atoms with E-state index in [0.717, 1.165) is 31.0 Å². The van der Waals surface area contributed by atoms with Crippen molar-refractivity contribution in [1.82, 2.24) is 9.47 Å². The van der Waals surface area contributed by atoms with Crippen LogP contribution in [0.25, 0.3) is 5.57 Å². The van der Waals surface area contributed by atoms with Gasteiger partial charge in [0.05, 0.1) is 0 Å². The first-order valence-electron chi connectivity index (χ1n) is 7.44. The van der Waals surface area contributed by atoms with Gasteiger partial charge in [0.1, 0.15) is 0 Å². The molecule has 0 bridgehead atoms. The zero-order valence-electron chi connectivity index (χ0n) is 12.6. The number of halogens is 1. The van der Waals surface area contributed by atoms with Gasteiger partial charge in [-0.15, -0.1) is 0 Å². The molecule has 1 aromatic carbocycles. The third kappa shape index (κ3) is 3.07. The molecule has 0 saturated heterocycles. The van der Waals surface area contributed by atoms with Gasteiger partial charge < -0.3 is 9.47 Å². The van der Waals surface area contributed by atoms with E-state index < -0.39 is 0 Å². The second-order valence-electron chi connectivity index (χ2n) is 5.85. The van der Waals surface area contributed by atoms with Crippen LogP contribution >= 0.6 is 11.6 Å². The molecule has 0 spiro atoms. The largest absolute Gasteiger partial charge is 0.347 e. The summed E-state index contributed by atoms with van der Waals surface area (Å²) in [5, 5.41) is 0.812. The minimum atomic E-state index is 0.812. The summed E-state index contributed by atoms with van der Waals surface area (Å²) >= 11 is 6.24. The van der Waals surface area contributed by atoms with Crippen molar-refractivity contribution < 1.29 is 0 Å². The van der Waals surface area contributed by atoms with Crippen LogP contribution in [0.2, 0.25) is 5.02 Å². The Balaban J connectivity index is 2.06. The van der Waals surface area contributed by atoms with Gasteiger partial charge in [0.25, 0.3) is 0 Å². The second-order valence-corrected chi connectivity index (χ2v) is 6.28. The van der Waals surface area contributed by atoms with Crippen molar-refractivity contribution in [3.63, 3.8) is 0 Å². The Morgan fingerprint density at radius 1 is 1.29 bits per heavy atom. The molecule has 1 aliphatic heterocycles. The Labute approximate surface area is 131 Å². The predicted octanol–water partition coefficient (Wildman–Crippen LogP) is 4.08. The fourth-order valence-electron chi connectivity index (χ4n) is 2.93. The van der Waals surface area contributed by atoms with Crippen LogP contribution in [0.5, 0.6) is 0 Å². The second kappa shape index (κ2) is 6.08. The summed E-state index contributed by atoms with van der Waals surface area (Å²) < 4.78 is 2.34. The summed E-state index contributed by atoms with van der Waals surface area (Å²) in [6.45, 7) is 2.09. The molecule has 2 nitrogen and oxygen atoms in total. The maximum absolute atomic E-state index is 6.24. The van der Waals surface area contributed by atoms with Crippen LogP contribution in [0.1, 0.15) is 23.2 Å². The molecule has 0 aliphatic carbocycles. The smallest absolute Gasteiger partial charge is 0.0483 e. The van der Waals surface area contributed by atoms with Gasteiger partial charge in [0, 0.05) is 35.6 Å². The molecule has 0 amide bonds. The van der Waals surface area contributed by atoms with Crippen LogP contribution in [0.4, 0.5) is 0 Å². The summed E-state index contributed by atoms with van der Waals surface area (Å²) in [5.74, 6) is 0. The van der Waals surface area contributed by atoms with E-state index in [0.29, 0.717) is 0 Å². The maximum atomic E-state index is 6.24. The molecule has 3 rings (SSSR count). The molecular formula is C18H21ClN2. The number of benzene rings is 1. The lowest BCUT2D eigenvalue weighted by atomic mass is 9.96. The van der Waals surface area contributed by atoms with Gasteiger partial charge in [-0.05, 0) is 62.3 Å². The van der Waals surface area contributed by atoms with E-state index in [-0.39, 0.29) is 0 Å². The van der Waals surface area contributed by atoms with Crippen LogP contribution in [0.15, 0.2) is 42.6 Å². The van der Waals surface area contributed by atoms with Gasteiger partial charge in [-0.3, -0.25) is 0 Å². The van der Waals surface area contributed by atoms with E-state index >= 15 is 0 Å². The molecule has 110 valence electrons. The molecule has 0 radical (unpaired) electrons. The van der Waals surface area contributed by atoms with E-state index in [4.69, 9.17) is 11.6 Å². The van der Waals surface area contributed by atoms with Crippen molar-refractivity contribution in [3.05, 3.63) is 64.4 Å². The van der Waals surface area contributed by atoms with E-state index in [1.807, 2.05) is 6.07 Å². The van der Waals surface area contributed by atoms with Crippen LogP contribution in [-0.4, -0.2) is 30.1 Å². The summed E-state index contributed by atoms with van der Waals surface area (Å²) in [6, 6.07) is 10.6. The first kappa shape index (κ1) is 14.4. The van der Waals surface area contributed by atoms with Crippen molar-refractivity contribution in [3.8, 4) is 0 Å². The van der Waals surface area contributed by atoms with Crippen LogP contribution in [0, 0.1) is 0 Å². The molecule has 3 heteroatoms. The molecule has 2 heterocycles. The van der Waals surface area contributed by atoms with Crippen molar-refractivity contribution in [2.45, 2.75) is 19.4 Å². The maximum Gasteiger partial charge on any atom is 0.0483 e. The van der Waals surface area contributed by atoms with Crippen LogP contribution < -0.4 is 0 Å². The van der Waals surface area contributed by atoms with Gasteiger partial charge in [-0.25, -0.2) is 0 Å². The monoisotopic (exact) mass is 300 g/mol. The average Bonchev–Trinajstić information content (AvgIpc) is 2.85. The summed E-state index contributed by atoms with van der Waals surface area (Å²) in [7, 11) is 4.22. The molecule has 0 N–H and O–H groups in total. The number of hydrogen-bond acceptors (Lipinski definition) is 1. The molecule has 21 heavy (non-hydrogen) atoms. The normalized spacial score (nSPS) is 15.9. The molecule has 2 aromatic rings. The van der Waals surface area contributed by atoms with Crippen LogP contribution in [-0.2, 0) is 13.0 Å². The average molecular weight is 301 g/mol. The fourth-order valence-corrected chi connectivity index (χ4v) is 3.10. The number of hydrogen-bond donors (Lipinski definition) is 0. The Hall–Kier alpha value is -1.51. The van der Waals surface area contributed by atoms with E-state index in [1.165, 1.54) is 22.4 Å². The SMILES string of the molecule is CN(C)CC/C=C1/c2cc(Cl)ccc2CCn2cccc21. The first-order chi connectivity index (χ1) is 10.1. The summed E-state index contributed by atoms with van der Waals surface area (Å²) in [4.78, 5) is 2.21. The highest BCUT2D eigenvalue weighted by Gasteiger charge is 2.17. The predicted molar refractivity (Wildman–Crippen MR) is 89.8 cm³/mol. The Morgan fingerprint density at radius 2 is 2.14 bits per heavy atom. The number of fused-ring (bicyclic) bond motifs is 2. The summed E-state index contributed by atoms with van der Waals surface area (Å²) in [6.07, 6.45) is 6.62. The Morgan fingerprint density at radius 3 is 2.95 bits per heavy atom. The minimum absolute atomic E-state index is 0.812. The standard InChI is InChI=1S/C18H21ClN2/c1-20(2)10-3-5-16-17-13-15(19)8-7-14(17)9-12-21-11-4-6-18(16)21/h4-8,11,13H,3,9-10,12H2,1-2H3/b16-5-. The van der Waals surface area contributed by atoms with Gasteiger partial charge in [0.15, 0.2) is 0 Å². The first-order valence-corrected chi connectivity index (χ1v) is 7.82. The van der Waals surface area contributed by atoms with E-state index in [2.05, 4.69) is 60.1 Å². The lowest BCUT2D eigenvalue weighted by Gasteiger charge is -2.12. The lowest BCUT2D eigenvalue weighted by molar-refractivity contribution is 0.417. The highest BCUT2D eigenvalue weighted by atomic mass is 35.5. The Bertz CT molecular complexity index is 668. The Kier molecular flexibility index (Phi) is 4.18. The number of aryl methyl sites for hydroxylation is 2. The molecule has 0 saturated carbocycles. The van der Waals surface area contributed by atoms with Crippen LogP contribution in [0.3, 0.4) is 0 Å². The van der Waals surface area contributed by atoms with Crippen molar-refractivity contribution in [2.24, 2.45) is 0 Å². The van der Waals surface area contributed by atoms with E-state index in [9.17, 15) is 0 Å². The van der Waals surface area contributed by atoms with Gasteiger partial charge in [0.2, 0.25) is 0 Å². The molecule has 0 fully saturated rings. The third-order valence-corrected chi connectivity index (χ3v) is 4.25. The fraction of sp³-hybridized carbons (Fsp3) is 0.333. The van der Waals surface area contributed by atoms with Crippen molar-refractivity contribution >= 4 is 17.2 Å². The van der Waals surface area contributed by atoms with Crippen molar-refractivity contribution in [2.75, 3.05) is 20.6 Å². The molecule has 0 unspecified atom stereocenters.